The Hall–Kier alpha value is -1.30. The third-order valence-corrected chi connectivity index (χ3v) is 5.83. The van der Waals surface area contributed by atoms with Crippen LogP contribution in [0.15, 0.2) is 29.3 Å². The molecule has 2 saturated heterocycles. The Kier molecular flexibility index (Phi) is 13.1. The molecule has 0 amide bonds. The van der Waals surface area contributed by atoms with E-state index in [1.165, 1.54) is 5.69 Å². The van der Waals surface area contributed by atoms with Crippen LogP contribution in [0.2, 0.25) is 0 Å². The van der Waals surface area contributed by atoms with E-state index >= 15 is 0 Å². The van der Waals surface area contributed by atoms with Crippen molar-refractivity contribution in [1.82, 2.24) is 15.5 Å². The predicted octanol–water partition coefficient (Wildman–Crippen LogP) is 2.19. The number of nitrogens with zero attached hydrogens (tertiary/aromatic N) is 3. The van der Waals surface area contributed by atoms with Gasteiger partial charge in [-0.05, 0) is 50.1 Å². The molecule has 182 valence electrons. The molecule has 9 heteroatoms. The summed E-state index contributed by atoms with van der Waals surface area (Å²) in [6, 6.07) is 8.36. The van der Waals surface area contributed by atoms with Crippen molar-refractivity contribution in [2.45, 2.75) is 25.4 Å². The molecule has 0 radical (unpaired) electrons. The lowest BCUT2D eigenvalue weighted by molar-refractivity contribution is 0.0420. The van der Waals surface area contributed by atoms with E-state index in [0.717, 1.165) is 96.6 Å². The number of rotatable bonds is 11. The van der Waals surface area contributed by atoms with Gasteiger partial charge < -0.3 is 29.7 Å². The summed E-state index contributed by atoms with van der Waals surface area (Å²) in [6.45, 7) is 9.57. The second-order valence-corrected chi connectivity index (χ2v) is 8.02. The molecule has 32 heavy (non-hydrogen) atoms. The zero-order chi connectivity index (χ0) is 21.7. The lowest BCUT2D eigenvalue weighted by atomic mass is 10.2. The highest BCUT2D eigenvalue weighted by Gasteiger charge is 2.17. The van der Waals surface area contributed by atoms with Gasteiger partial charge in [0, 0.05) is 65.2 Å². The highest BCUT2D eigenvalue weighted by atomic mass is 127. The maximum Gasteiger partial charge on any atom is 0.190 e. The summed E-state index contributed by atoms with van der Waals surface area (Å²) in [6.07, 6.45) is 3.38. The first kappa shape index (κ1) is 26.9. The molecule has 0 bridgehead atoms. The number of anilines is 1. The van der Waals surface area contributed by atoms with Crippen LogP contribution in [-0.2, 0) is 9.47 Å². The summed E-state index contributed by atoms with van der Waals surface area (Å²) in [4.78, 5) is 9.30. The lowest BCUT2D eigenvalue weighted by Gasteiger charge is -2.36. The highest BCUT2D eigenvalue weighted by molar-refractivity contribution is 14.0. The molecule has 0 aromatic heterocycles. The van der Waals surface area contributed by atoms with Crippen LogP contribution in [0.25, 0.3) is 0 Å². The minimum absolute atomic E-state index is 0. The van der Waals surface area contributed by atoms with Crippen molar-refractivity contribution in [3.8, 4) is 5.75 Å². The van der Waals surface area contributed by atoms with Gasteiger partial charge in [-0.1, -0.05) is 0 Å². The number of nitrogens with one attached hydrogen (secondary N) is 2. The fourth-order valence-corrected chi connectivity index (χ4v) is 3.93. The molecule has 2 fully saturated rings. The van der Waals surface area contributed by atoms with Crippen LogP contribution < -0.4 is 20.3 Å². The van der Waals surface area contributed by atoms with Gasteiger partial charge in [-0.25, -0.2) is 0 Å². The summed E-state index contributed by atoms with van der Waals surface area (Å²) >= 11 is 0. The van der Waals surface area contributed by atoms with Gasteiger partial charge in [-0.3, -0.25) is 9.89 Å². The van der Waals surface area contributed by atoms with Crippen LogP contribution in [0.3, 0.4) is 0 Å². The number of methoxy groups -OCH3 is 1. The van der Waals surface area contributed by atoms with Crippen LogP contribution in [0.1, 0.15) is 19.3 Å². The number of aliphatic imine (C=N–C) groups is 1. The lowest BCUT2D eigenvalue weighted by Crippen LogP contribution is -2.47. The third kappa shape index (κ3) is 9.29. The van der Waals surface area contributed by atoms with Crippen LogP contribution in [0.4, 0.5) is 5.69 Å². The first-order valence-electron chi connectivity index (χ1n) is 11.5. The van der Waals surface area contributed by atoms with Gasteiger partial charge in [-0.15, -0.1) is 24.0 Å². The van der Waals surface area contributed by atoms with Gasteiger partial charge in [0.1, 0.15) is 5.75 Å². The Bertz CT molecular complexity index is 648. The summed E-state index contributed by atoms with van der Waals surface area (Å²) in [7, 11) is 3.53. The molecule has 2 N–H and O–H groups in total. The van der Waals surface area contributed by atoms with Crippen LogP contribution in [-0.4, -0.2) is 96.8 Å². The van der Waals surface area contributed by atoms with E-state index in [1.807, 2.05) is 19.2 Å². The zero-order valence-corrected chi connectivity index (χ0v) is 21.9. The number of benzene rings is 1. The van der Waals surface area contributed by atoms with Crippen molar-refractivity contribution >= 4 is 35.6 Å². The molecule has 8 nitrogen and oxygen atoms in total. The molecule has 1 aromatic carbocycles. The quantitative estimate of drug-likeness (QED) is 0.186. The van der Waals surface area contributed by atoms with Gasteiger partial charge in [0.15, 0.2) is 5.96 Å². The van der Waals surface area contributed by atoms with E-state index in [4.69, 9.17) is 14.2 Å². The first-order chi connectivity index (χ1) is 15.3. The van der Waals surface area contributed by atoms with Crippen molar-refractivity contribution in [2.24, 2.45) is 4.99 Å². The van der Waals surface area contributed by atoms with Gasteiger partial charge in [0.25, 0.3) is 0 Å². The average molecular weight is 562 g/mol. The Morgan fingerprint density at radius 1 is 1.09 bits per heavy atom. The molecular formula is C23H40IN5O3. The number of halogens is 1. The molecule has 0 saturated carbocycles. The minimum Gasteiger partial charge on any atom is -0.497 e. The molecule has 1 atom stereocenters. The molecule has 1 aromatic rings. The summed E-state index contributed by atoms with van der Waals surface area (Å²) in [5, 5.41) is 6.78. The molecule has 2 aliphatic heterocycles. The Balaban J connectivity index is 0.00000363. The van der Waals surface area contributed by atoms with E-state index < -0.39 is 0 Å². The van der Waals surface area contributed by atoms with Gasteiger partial charge in [0.2, 0.25) is 0 Å². The molecule has 0 spiro atoms. The number of piperazine rings is 1. The number of ether oxygens (including phenoxy) is 3. The second kappa shape index (κ2) is 15.5. The van der Waals surface area contributed by atoms with Gasteiger partial charge >= 0.3 is 0 Å². The summed E-state index contributed by atoms with van der Waals surface area (Å²) in [5.74, 6) is 1.78. The second-order valence-electron chi connectivity index (χ2n) is 8.02. The number of hydrogen-bond acceptors (Lipinski definition) is 6. The van der Waals surface area contributed by atoms with E-state index in [9.17, 15) is 0 Å². The topological polar surface area (TPSA) is 70.6 Å². The SMILES string of the molecule is CN=C(NCCCOC1CCOC1)NCCCN1CCN(c2ccc(OC)cc2)CC1.I. The fourth-order valence-electron chi connectivity index (χ4n) is 3.93. The number of guanidine groups is 1. The van der Waals surface area contributed by atoms with Crippen molar-refractivity contribution in [3.63, 3.8) is 0 Å². The monoisotopic (exact) mass is 561 g/mol. The minimum atomic E-state index is 0. The normalized spacial score (nSPS) is 19.5. The van der Waals surface area contributed by atoms with Crippen LogP contribution in [0, 0.1) is 0 Å². The third-order valence-electron chi connectivity index (χ3n) is 5.83. The predicted molar refractivity (Wildman–Crippen MR) is 141 cm³/mol. The van der Waals surface area contributed by atoms with E-state index in [2.05, 4.69) is 37.6 Å². The van der Waals surface area contributed by atoms with Crippen molar-refractivity contribution in [1.29, 1.82) is 0 Å². The maximum atomic E-state index is 5.79. The molecule has 1 unspecified atom stereocenters. The molecular weight excluding hydrogens is 521 g/mol. The Morgan fingerprint density at radius 3 is 2.44 bits per heavy atom. The molecule has 0 aliphatic carbocycles. The largest absolute Gasteiger partial charge is 0.497 e. The maximum absolute atomic E-state index is 5.79. The standard InChI is InChI=1S/C23H39N5O3.HI/c1-24-23(26-11-4-17-31-22-9-18-30-19-22)25-10-3-12-27-13-15-28(16-14-27)20-5-7-21(29-2)8-6-20;/h5-8,22H,3-4,9-19H2,1-2H3,(H2,24,25,26);1H. The van der Waals surface area contributed by atoms with Crippen molar-refractivity contribution in [3.05, 3.63) is 24.3 Å². The highest BCUT2D eigenvalue weighted by Crippen LogP contribution is 2.20. The van der Waals surface area contributed by atoms with E-state index in [1.54, 1.807) is 7.11 Å². The van der Waals surface area contributed by atoms with E-state index in [0.29, 0.717) is 0 Å². The average Bonchev–Trinajstić information content (AvgIpc) is 3.34. The fraction of sp³-hybridized carbons (Fsp3) is 0.696. The summed E-state index contributed by atoms with van der Waals surface area (Å²) in [5.41, 5.74) is 1.28. The van der Waals surface area contributed by atoms with E-state index in [-0.39, 0.29) is 30.1 Å². The summed E-state index contributed by atoms with van der Waals surface area (Å²) < 4.78 is 16.4. The van der Waals surface area contributed by atoms with Crippen molar-refractivity contribution in [2.75, 3.05) is 84.7 Å². The number of hydrogen-bond donors (Lipinski definition) is 2. The molecule has 3 rings (SSSR count). The Morgan fingerprint density at radius 2 is 1.81 bits per heavy atom. The molecule has 2 heterocycles. The zero-order valence-electron chi connectivity index (χ0n) is 19.6. The Labute approximate surface area is 210 Å². The van der Waals surface area contributed by atoms with Crippen LogP contribution in [0.5, 0.6) is 5.75 Å². The van der Waals surface area contributed by atoms with Gasteiger partial charge in [0.05, 0.1) is 19.8 Å². The van der Waals surface area contributed by atoms with Crippen molar-refractivity contribution < 1.29 is 14.2 Å². The smallest absolute Gasteiger partial charge is 0.190 e. The van der Waals surface area contributed by atoms with Gasteiger partial charge in [-0.2, -0.15) is 0 Å². The first-order valence-corrected chi connectivity index (χ1v) is 11.5. The van der Waals surface area contributed by atoms with Crippen LogP contribution >= 0.6 is 24.0 Å². The molecule has 2 aliphatic rings.